The van der Waals surface area contributed by atoms with E-state index >= 15 is 0 Å². The number of nitrogens with two attached hydrogens (primary N) is 1. The Hall–Kier alpha value is -0.860. The lowest BCUT2D eigenvalue weighted by Crippen LogP contribution is -2.25. The molecule has 0 amide bonds. The van der Waals surface area contributed by atoms with Gasteiger partial charge in [-0.3, -0.25) is 0 Å². The fourth-order valence-corrected chi connectivity index (χ4v) is 2.09. The molecule has 19 heavy (non-hydrogen) atoms. The molecular weight excluding hydrogens is 232 g/mol. The minimum Gasteiger partial charge on any atom is -0.328 e. The topological polar surface area (TPSA) is 38.0 Å². The van der Waals surface area contributed by atoms with Crippen LogP contribution < -0.4 is 11.1 Å². The van der Waals surface area contributed by atoms with Crippen LogP contribution in [0.4, 0.5) is 0 Å². The van der Waals surface area contributed by atoms with Crippen molar-refractivity contribution in [3.8, 4) is 0 Å². The molecule has 1 rings (SSSR count). The van der Waals surface area contributed by atoms with Crippen LogP contribution in [0.2, 0.25) is 0 Å². The molecule has 2 nitrogen and oxygen atoms in total. The first kappa shape index (κ1) is 16.2. The lowest BCUT2D eigenvalue weighted by Gasteiger charge is -2.21. The number of hydrogen-bond acceptors (Lipinski definition) is 2. The third kappa shape index (κ3) is 5.75. The van der Waals surface area contributed by atoms with Crippen molar-refractivity contribution in [2.24, 2.45) is 5.73 Å². The summed E-state index contributed by atoms with van der Waals surface area (Å²) in [5.74, 6) is 0. The van der Waals surface area contributed by atoms with Gasteiger partial charge in [0.15, 0.2) is 0 Å². The number of rotatable bonds is 6. The van der Waals surface area contributed by atoms with Gasteiger partial charge < -0.3 is 11.1 Å². The van der Waals surface area contributed by atoms with Crippen LogP contribution in [0, 0.1) is 6.92 Å². The standard InChI is InChI=1S/C17H30N2/c1-13-6-7-16(17(3,4)5)12-15(13)9-11-19-10-8-14(2)18/h6-7,12,14,19H,8-11,18H2,1-5H3. The first-order chi connectivity index (χ1) is 8.80. The summed E-state index contributed by atoms with van der Waals surface area (Å²) in [6.45, 7) is 13.1. The van der Waals surface area contributed by atoms with E-state index in [9.17, 15) is 0 Å². The van der Waals surface area contributed by atoms with Crippen molar-refractivity contribution >= 4 is 0 Å². The van der Waals surface area contributed by atoms with Crippen molar-refractivity contribution in [2.75, 3.05) is 13.1 Å². The SMILES string of the molecule is Cc1ccc(C(C)(C)C)cc1CCNCCC(C)N. The molecule has 0 aliphatic carbocycles. The largest absolute Gasteiger partial charge is 0.328 e. The van der Waals surface area contributed by atoms with Crippen LogP contribution in [-0.4, -0.2) is 19.1 Å². The van der Waals surface area contributed by atoms with Crippen molar-refractivity contribution in [1.82, 2.24) is 5.32 Å². The Morgan fingerprint density at radius 1 is 1.21 bits per heavy atom. The van der Waals surface area contributed by atoms with Crippen molar-refractivity contribution < 1.29 is 0 Å². The molecule has 3 N–H and O–H groups in total. The Morgan fingerprint density at radius 2 is 1.89 bits per heavy atom. The molecule has 108 valence electrons. The van der Waals surface area contributed by atoms with Gasteiger partial charge in [-0.25, -0.2) is 0 Å². The molecule has 0 saturated carbocycles. The Labute approximate surface area is 118 Å². The van der Waals surface area contributed by atoms with Gasteiger partial charge in [0.25, 0.3) is 0 Å². The van der Waals surface area contributed by atoms with E-state index in [0.717, 1.165) is 25.9 Å². The van der Waals surface area contributed by atoms with Crippen molar-refractivity contribution in [1.29, 1.82) is 0 Å². The normalized spacial score (nSPS) is 13.6. The van der Waals surface area contributed by atoms with E-state index in [1.54, 1.807) is 0 Å². The van der Waals surface area contributed by atoms with Gasteiger partial charge in [-0.2, -0.15) is 0 Å². The third-order valence-electron chi connectivity index (χ3n) is 3.56. The van der Waals surface area contributed by atoms with Gasteiger partial charge in [-0.15, -0.1) is 0 Å². The highest BCUT2D eigenvalue weighted by molar-refractivity contribution is 5.34. The molecule has 0 aliphatic heterocycles. The van der Waals surface area contributed by atoms with Crippen molar-refractivity contribution in [3.05, 3.63) is 34.9 Å². The van der Waals surface area contributed by atoms with Gasteiger partial charge in [0.05, 0.1) is 0 Å². The average Bonchev–Trinajstić information content (AvgIpc) is 2.29. The van der Waals surface area contributed by atoms with Crippen molar-refractivity contribution in [3.63, 3.8) is 0 Å². The van der Waals surface area contributed by atoms with Crippen LogP contribution in [-0.2, 0) is 11.8 Å². The van der Waals surface area contributed by atoms with Crippen LogP contribution in [0.3, 0.4) is 0 Å². The summed E-state index contributed by atoms with van der Waals surface area (Å²) in [4.78, 5) is 0. The van der Waals surface area contributed by atoms with Gasteiger partial charge in [-0.1, -0.05) is 39.0 Å². The molecule has 1 unspecified atom stereocenters. The minimum atomic E-state index is 0.227. The number of benzene rings is 1. The fourth-order valence-electron chi connectivity index (χ4n) is 2.09. The lowest BCUT2D eigenvalue weighted by atomic mass is 9.85. The van der Waals surface area contributed by atoms with Gasteiger partial charge >= 0.3 is 0 Å². The molecule has 0 aromatic heterocycles. The molecule has 1 aromatic carbocycles. The summed E-state index contributed by atoms with van der Waals surface area (Å²) in [6, 6.07) is 7.15. The minimum absolute atomic E-state index is 0.227. The highest BCUT2D eigenvalue weighted by atomic mass is 14.8. The molecule has 0 fully saturated rings. The van der Waals surface area contributed by atoms with Crippen molar-refractivity contribution in [2.45, 2.75) is 58.9 Å². The summed E-state index contributed by atoms with van der Waals surface area (Å²) in [5, 5.41) is 3.47. The van der Waals surface area contributed by atoms with Crippen LogP contribution in [0.1, 0.15) is 50.8 Å². The Kier molecular flexibility index (Phi) is 6.02. The third-order valence-corrected chi connectivity index (χ3v) is 3.56. The maximum absolute atomic E-state index is 5.74. The maximum Gasteiger partial charge on any atom is 0.00225 e. The first-order valence-electron chi connectivity index (χ1n) is 7.37. The molecule has 0 spiro atoms. The zero-order valence-electron chi connectivity index (χ0n) is 13.2. The molecular formula is C17H30N2. The number of hydrogen-bond donors (Lipinski definition) is 2. The monoisotopic (exact) mass is 262 g/mol. The van der Waals surface area contributed by atoms with Crippen LogP contribution >= 0.6 is 0 Å². The molecule has 1 atom stereocenters. The molecule has 0 bridgehead atoms. The zero-order chi connectivity index (χ0) is 14.5. The van der Waals surface area contributed by atoms with Gasteiger partial charge in [-0.05, 0) is 61.9 Å². The summed E-state index contributed by atoms with van der Waals surface area (Å²) in [5.41, 5.74) is 10.2. The smallest absolute Gasteiger partial charge is 0.00225 e. The molecule has 0 radical (unpaired) electrons. The van der Waals surface area contributed by atoms with E-state index in [2.05, 4.69) is 58.1 Å². The van der Waals surface area contributed by atoms with Crippen LogP contribution in [0.5, 0.6) is 0 Å². The first-order valence-corrected chi connectivity index (χ1v) is 7.37. The molecule has 0 aliphatic rings. The Balaban J connectivity index is 2.53. The molecule has 1 aromatic rings. The molecule has 0 heterocycles. The van der Waals surface area contributed by atoms with Gasteiger partial charge in [0, 0.05) is 6.04 Å². The second-order valence-electron chi connectivity index (χ2n) is 6.66. The Bertz CT molecular complexity index is 389. The second kappa shape index (κ2) is 7.06. The summed E-state index contributed by atoms with van der Waals surface area (Å²) in [7, 11) is 0. The molecule has 2 heteroatoms. The van der Waals surface area contributed by atoms with E-state index < -0.39 is 0 Å². The Morgan fingerprint density at radius 3 is 2.47 bits per heavy atom. The number of nitrogens with one attached hydrogen (secondary N) is 1. The lowest BCUT2D eigenvalue weighted by molar-refractivity contribution is 0.582. The average molecular weight is 262 g/mol. The highest BCUT2D eigenvalue weighted by Gasteiger charge is 2.14. The van der Waals surface area contributed by atoms with Crippen LogP contribution in [0.25, 0.3) is 0 Å². The fraction of sp³-hybridized carbons (Fsp3) is 0.647. The zero-order valence-corrected chi connectivity index (χ0v) is 13.2. The number of aryl methyl sites for hydroxylation is 1. The van der Waals surface area contributed by atoms with E-state index in [0.29, 0.717) is 6.04 Å². The van der Waals surface area contributed by atoms with Gasteiger partial charge in [0.2, 0.25) is 0 Å². The molecule has 0 saturated heterocycles. The van der Waals surface area contributed by atoms with Crippen LogP contribution in [0.15, 0.2) is 18.2 Å². The predicted molar refractivity (Wildman–Crippen MR) is 84.7 cm³/mol. The maximum atomic E-state index is 5.74. The van der Waals surface area contributed by atoms with E-state index in [-0.39, 0.29) is 5.41 Å². The quantitative estimate of drug-likeness (QED) is 0.773. The predicted octanol–water partition coefficient (Wildman–Crippen LogP) is 3.16. The van der Waals surface area contributed by atoms with E-state index in [1.807, 2.05) is 0 Å². The van der Waals surface area contributed by atoms with E-state index in [4.69, 9.17) is 5.73 Å². The van der Waals surface area contributed by atoms with Gasteiger partial charge in [0.1, 0.15) is 0 Å². The van der Waals surface area contributed by atoms with E-state index in [1.165, 1.54) is 16.7 Å². The highest BCUT2D eigenvalue weighted by Crippen LogP contribution is 2.24. The second-order valence-corrected chi connectivity index (χ2v) is 6.66. The summed E-state index contributed by atoms with van der Waals surface area (Å²) < 4.78 is 0. The summed E-state index contributed by atoms with van der Waals surface area (Å²) >= 11 is 0. The summed E-state index contributed by atoms with van der Waals surface area (Å²) in [6.07, 6.45) is 2.13.